The summed E-state index contributed by atoms with van der Waals surface area (Å²) in [6.07, 6.45) is -5.00. The van der Waals surface area contributed by atoms with Crippen LogP contribution in [0.4, 0.5) is 0 Å². The quantitative estimate of drug-likeness (QED) is 0.190. The van der Waals surface area contributed by atoms with Crippen molar-refractivity contribution >= 4 is 11.8 Å². The zero-order chi connectivity index (χ0) is 29.8. The van der Waals surface area contributed by atoms with Gasteiger partial charge in [-0.25, -0.2) is 0 Å². The number of nitrogens with one attached hydrogen (secondary N) is 2. The average molecular weight is 563 g/mol. The molecule has 0 saturated carbocycles. The maximum absolute atomic E-state index is 12.2. The summed E-state index contributed by atoms with van der Waals surface area (Å²) in [4.78, 5) is 23.6. The third-order valence-electron chi connectivity index (χ3n) is 7.23. The largest absolute Gasteiger partial charge is 0.443 e. The second kappa shape index (κ2) is 13.1. The molecule has 1 aromatic carbocycles. The maximum atomic E-state index is 12.2. The lowest BCUT2D eigenvalue weighted by atomic mass is 9.94. The van der Waals surface area contributed by atoms with E-state index in [0.29, 0.717) is 19.3 Å². The van der Waals surface area contributed by atoms with Gasteiger partial charge in [-0.3, -0.25) is 14.7 Å². The molecule has 0 aliphatic carbocycles. The molecule has 12 nitrogen and oxygen atoms in total. The number of benzene rings is 1. The Morgan fingerprint density at radius 2 is 1.90 bits per heavy atom. The Kier molecular flexibility index (Phi) is 10.3. The van der Waals surface area contributed by atoms with E-state index in [2.05, 4.69) is 21.6 Å². The van der Waals surface area contributed by atoms with Crippen LogP contribution in [0.25, 0.3) is 0 Å². The highest BCUT2D eigenvalue weighted by Crippen LogP contribution is 2.32. The first-order valence-corrected chi connectivity index (χ1v) is 13.5. The molecule has 2 heterocycles. The number of nitrogens with two attached hydrogens (primary N) is 1. The van der Waals surface area contributed by atoms with E-state index in [1.165, 1.54) is 0 Å². The Labute approximate surface area is 233 Å². The number of hydrogen-bond donors (Lipinski definition) is 7. The molecular weight excluding hydrogens is 520 g/mol. The number of amides is 2. The molecule has 0 bridgehead atoms. The van der Waals surface area contributed by atoms with Crippen molar-refractivity contribution < 1.29 is 39.5 Å². The number of nitrogens with zero attached hydrogens (tertiary/aromatic N) is 1. The van der Waals surface area contributed by atoms with Crippen LogP contribution in [0.5, 0.6) is 5.88 Å². The number of aliphatic hydroxyl groups excluding tert-OH is 4. The number of aromatic nitrogens is 2. The van der Waals surface area contributed by atoms with Gasteiger partial charge in [0.05, 0.1) is 6.61 Å². The highest BCUT2D eigenvalue weighted by molar-refractivity contribution is 5.89. The molecule has 40 heavy (non-hydrogen) atoms. The van der Waals surface area contributed by atoms with Gasteiger partial charge in [0.15, 0.2) is 0 Å². The summed E-state index contributed by atoms with van der Waals surface area (Å²) >= 11 is 0. The van der Waals surface area contributed by atoms with Crippen LogP contribution in [0, 0.1) is 6.92 Å². The van der Waals surface area contributed by atoms with E-state index < -0.39 is 48.8 Å². The average Bonchev–Trinajstić information content (AvgIpc) is 3.27. The fraction of sp³-hybridized carbons (Fsp3) is 0.607. The molecule has 0 unspecified atom stereocenters. The van der Waals surface area contributed by atoms with Gasteiger partial charge in [-0.1, -0.05) is 32.0 Å². The Morgan fingerprint density at radius 1 is 1.20 bits per heavy atom. The first-order valence-electron chi connectivity index (χ1n) is 13.5. The lowest BCUT2D eigenvalue weighted by Crippen LogP contribution is -2.60. The predicted molar refractivity (Wildman–Crippen MR) is 145 cm³/mol. The van der Waals surface area contributed by atoms with E-state index in [4.69, 9.17) is 15.2 Å². The van der Waals surface area contributed by atoms with Crippen LogP contribution in [0.2, 0.25) is 0 Å². The second-order valence-corrected chi connectivity index (χ2v) is 11.2. The molecule has 2 aromatic rings. The van der Waals surface area contributed by atoms with Gasteiger partial charge >= 0.3 is 0 Å². The van der Waals surface area contributed by atoms with Crippen LogP contribution >= 0.6 is 0 Å². The van der Waals surface area contributed by atoms with Gasteiger partial charge in [0.25, 0.3) is 0 Å². The molecule has 5 atom stereocenters. The topological polar surface area (TPSA) is 200 Å². The fourth-order valence-electron chi connectivity index (χ4n) is 4.61. The standard InChI is InChI=1S/C28H42N4O8/c1-14(2)21-18(25(32-31-21)40-26-24(37)23(36)22(35)19(13-33)39-26)12-17-10-9-16(11-15(17)3)7-6-8-20(34)30-28(4,5)27(29)38/h9-11,14,19,22-24,26,33,35-37H,6-8,12-13H2,1-5H3,(H2,29,38)(H,30,34)(H,31,32)/t19-,22-,23+,24-,26+/m1/s1. The molecule has 3 rings (SSSR count). The molecule has 2 amide bonds. The number of rotatable bonds is 12. The summed E-state index contributed by atoms with van der Waals surface area (Å²) < 4.78 is 11.4. The van der Waals surface area contributed by atoms with Crippen molar-refractivity contribution in [3.05, 3.63) is 46.1 Å². The Hall–Kier alpha value is -3.03. The van der Waals surface area contributed by atoms with Gasteiger partial charge in [-0.05, 0) is 56.2 Å². The number of carbonyl (C=O) groups is 2. The highest BCUT2D eigenvalue weighted by atomic mass is 16.7. The number of aromatic amines is 1. The molecule has 1 aliphatic heterocycles. The maximum Gasteiger partial charge on any atom is 0.242 e. The summed E-state index contributed by atoms with van der Waals surface area (Å²) in [5, 5.41) is 50.0. The third-order valence-corrected chi connectivity index (χ3v) is 7.23. The Bertz CT molecular complexity index is 1180. The zero-order valence-corrected chi connectivity index (χ0v) is 23.7. The highest BCUT2D eigenvalue weighted by Gasteiger charge is 2.45. The van der Waals surface area contributed by atoms with Crippen molar-refractivity contribution in [2.75, 3.05) is 6.61 Å². The minimum atomic E-state index is -1.56. The zero-order valence-electron chi connectivity index (χ0n) is 23.7. The first kappa shape index (κ1) is 31.5. The Morgan fingerprint density at radius 3 is 2.50 bits per heavy atom. The molecule has 1 aliphatic rings. The van der Waals surface area contributed by atoms with Gasteiger partial charge in [-0.15, -0.1) is 5.10 Å². The monoisotopic (exact) mass is 562 g/mol. The number of carbonyl (C=O) groups excluding carboxylic acids is 2. The van der Waals surface area contributed by atoms with Crippen LogP contribution in [-0.2, 0) is 27.2 Å². The number of aryl methyl sites for hydroxylation is 2. The molecular formula is C28H42N4O8. The van der Waals surface area contributed by atoms with E-state index >= 15 is 0 Å². The number of H-pyrrole nitrogens is 1. The minimum Gasteiger partial charge on any atom is -0.443 e. The van der Waals surface area contributed by atoms with E-state index in [9.17, 15) is 30.0 Å². The van der Waals surface area contributed by atoms with Gasteiger partial charge in [0.1, 0.15) is 30.0 Å². The molecule has 1 saturated heterocycles. The molecule has 0 radical (unpaired) electrons. The minimum absolute atomic E-state index is 0.0833. The lowest BCUT2D eigenvalue weighted by molar-refractivity contribution is -0.278. The third kappa shape index (κ3) is 7.38. The summed E-state index contributed by atoms with van der Waals surface area (Å²) in [6.45, 7) is 8.59. The smallest absolute Gasteiger partial charge is 0.242 e. The predicted octanol–water partition coefficient (Wildman–Crippen LogP) is 0.314. The molecule has 12 heteroatoms. The van der Waals surface area contributed by atoms with Gasteiger partial charge in [0.2, 0.25) is 24.0 Å². The van der Waals surface area contributed by atoms with E-state index in [0.717, 1.165) is 27.9 Å². The summed E-state index contributed by atoms with van der Waals surface area (Å²) in [7, 11) is 0. The van der Waals surface area contributed by atoms with Gasteiger partial charge < -0.3 is 41.0 Å². The summed E-state index contributed by atoms with van der Waals surface area (Å²) in [6, 6.07) is 6.07. The van der Waals surface area contributed by atoms with Crippen molar-refractivity contribution in [1.29, 1.82) is 0 Å². The van der Waals surface area contributed by atoms with Crippen LogP contribution in [0.15, 0.2) is 18.2 Å². The number of aliphatic hydroxyl groups is 4. The number of primary amides is 1. The molecule has 222 valence electrons. The molecule has 8 N–H and O–H groups in total. The van der Waals surface area contributed by atoms with Crippen molar-refractivity contribution in [3.63, 3.8) is 0 Å². The van der Waals surface area contributed by atoms with Gasteiger partial charge in [-0.2, -0.15) is 0 Å². The normalized spacial score (nSPS) is 23.3. The molecule has 1 fully saturated rings. The van der Waals surface area contributed by atoms with Crippen molar-refractivity contribution in [3.8, 4) is 5.88 Å². The second-order valence-electron chi connectivity index (χ2n) is 11.2. The van der Waals surface area contributed by atoms with Crippen LogP contribution in [0.1, 0.15) is 74.4 Å². The van der Waals surface area contributed by atoms with E-state index in [1.807, 2.05) is 32.9 Å². The SMILES string of the molecule is Cc1cc(CCCC(=O)NC(C)(C)C(N)=O)ccc1Cc1c(O[C@@H]2O[C@H](CO)[C@@H](O)[C@H](O)[C@H]2O)n[nH]c1C(C)C. The van der Waals surface area contributed by atoms with Gasteiger partial charge in [0, 0.05) is 24.1 Å². The van der Waals surface area contributed by atoms with E-state index in [1.54, 1.807) is 13.8 Å². The molecule has 1 aromatic heterocycles. The molecule has 0 spiro atoms. The van der Waals surface area contributed by atoms with E-state index in [-0.39, 0.29) is 24.1 Å². The first-order chi connectivity index (χ1) is 18.7. The number of ether oxygens (including phenoxy) is 2. The van der Waals surface area contributed by atoms with Crippen molar-refractivity contribution in [1.82, 2.24) is 15.5 Å². The lowest BCUT2D eigenvalue weighted by Gasteiger charge is -2.39. The van der Waals surface area contributed by atoms with Crippen LogP contribution in [-0.4, -0.2) is 85.3 Å². The van der Waals surface area contributed by atoms with Crippen molar-refractivity contribution in [2.45, 2.75) is 102 Å². The summed E-state index contributed by atoms with van der Waals surface area (Å²) in [5.74, 6) is -0.543. The number of hydrogen-bond acceptors (Lipinski definition) is 9. The fourth-order valence-corrected chi connectivity index (χ4v) is 4.61. The van der Waals surface area contributed by atoms with Crippen LogP contribution in [0.3, 0.4) is 0 Å². The Balaban J connectivity index is 1.70. The summed E-state index contributed by atoms with van der Waals surface area (Å²) in [5.41, 5.74) is 8.94. The van der Waals surface area contributed by atoms with Crippen LogP contribution < -0.4 is 15.8 Å². The van der Waals surface area contributed by atoms with Crippen molar-refractivity contribution in [2.24, 2.45) is 5.73 Å².